The Morgan fingerprint density at radius 2 is 1.87 bits per heavy atom. The topological polar surface area (TPSA) is 118 Å². The highest BCUT2D eigenvalue weighted by molar-refractivity contribution is 6.09. The molecule has 1 aromatic heterocycles. The Morgan fingerprint density at radius 1 is 1.17 bits per heavy atom. The second kappa shape index (κ2) is 9.21. The van der Waals surface area contributed by atoms with E-state index in [1.54, 1.807) is 48.5 Å². The van der Waals surface area contributed by atoms with Gasteiger partial charge in [0.2, 0.25) is 0 Å². The van der Waals surface area contributed by atoms with Gasteiger partial charge >= 0.3 is 0 Å². The predicted octanol–water partition coefficient (Wildman–Crippen LogP) is 4.80. The van der Waals surface area contributed by atoms with Gasteiger partial charge in [0.05, 0.1) is 11.5 Å². The largest absolute Gasteiger partial charge is 0.494 e. The van der Waals surface area contributed by atoms with Gasteiger partial charge in [-0.25, -0.2) is 0 Å². The number of nitro groups is 1. The molecule has 0 unspecified atom stereocenters. The lowest BCUT2D eigenvalue weighted by Gasteiger charge is -2.06. The van der Waals surface area contributed by atoms with Gasteiger partial charge in [-0.1, -0.05) is 0 Å². The van der Waals surface area contributed by atoms with Crippen LogP contribution in [0.3, 0.4) is 0 Å². The van der Waals surface area contributed by atoms with E-state index >= 15 is 0 Å². The Morgan fingerprint density at radius 3 is 2.47 bits per heavy atom. The Labute approximate surface area is 172 Å². The number of nitrogens with zero attached hydrogens (tertiary/aromatic N) is 2. The normalized spacial score (nSPS) is 10.9. The van der Waals surface area contributed by atoms with Gasteiger partial charge in [0.1, 0.15) is 28.9 Å². The minimum absolute atomic E-state index is 0.0249. The number of nitriles is 1. The smallest absolute Gasteiger partial charge is 0.269 e. The van der Waals surface area contributed by atoms with E-state index in [2.05, 4.69) is 5.32 Å². The van der Waals surface area contributed by atoms with Gasteiger partial charge in [-0.3, -0.25) is 14.9 Å². The summed E-state index contributed by atoms with van der Waals surface area (Å²) in [7, 11) is 0. The van der Waals surface area contributed by atoms with E-state index in [4.69, 9.17) is 9.15 Å². The van der Waals surface area contributed by atoms with Gasteiger partial charge < -0.3 is 14.5 Å². The molecule has 0 aliphatic heterocycles. The van der Waals surface area contributed by atoms with Crippen LogP contribution in [0, 0.1) is 21.4 Å². The number of nitro benzene ring substituents is 1. The summed E-state index contributed by atoms with van der Waals surface area (Å²) in [6, 6.07) is 17.8. The molecule has 0 bridgehead atoms. The van der Waals surface area contributed by atoms with Crippen LogP contribution in [0.25, 0.3) is 17.4 Å². The van der Waals surface area contributed by atoms with E-state index in [0.717, 1.165) is 0 Å². The Bertz CT molecular complexity index is 1120. The zero-order valence-corrected chi connectivity index (χ0v) is 16.0. The van der Waals surface area contributed by atoms with Crippen molar-refractivity contribution in [1.29, 1.82) is 5.26 Å². The molecule has 8 heteroatoms. The highest BCUT2D eigenvalue weighted by atomic mass is 16.6. The molecule has 2 aromatic carbocycles. The van der Waals surface area contributed by atoms with E-state index in [9.17, 15) is 20.2 Å². The maximum atomic E-state index is 12.4. The monoisotopic (exact) mass is 403 g/mol. The van der Waals surface area contributed by atoms with E-state index < -0.39 is 10.8 Å². The maximum Gasteiger partial charge on any atom is 0.269 e. The maximum absolute atomic E-state index is 12.4. The fraction of sp³-hybridized carbons (Fsp3) is 0.0909. The van der Waals surface area contributed by atoms with Gasteiger partial charge in [0, 0.05) is 29.5 Å². The lowest BCUT2D eigenvalue weighted by atomic mass is 10.1. The first-order chi connectivity index (χ1) is 14.5. The van der Waals surface area contributed by atoms with Crippen molar-refractivity contribution in [2.24, 2.45) is 0 Å². The number of amides is 1. The summed E-state index contributed by atoms with van der Waals surface area (Å²) in [6.07, 6.45) is 1.33. The number of hydrogen-bond acceptors (Lipinski definition) is 6. The molecule has 0 saturated carbocycles. The van der Waals surface area contributed by atoms with Crippen LogP contribution in [-0.4, -0.2) is 17.4 Å². The molecule has 0 fully saturated rings. The van der Waals surface area contributed by atoms with Crippen LogP contribution in [0.4, 0.5) is 11.4 Å². The number of non-ortho nitro benzene ring substituents is 1. The zero-order chi connectivity index (χ0) is 21.5. The number of rotatable bonds is 7. The SMILES string of the molecule is CCOc1ccc(NC(=O)C(C#N)=Cc2ccc(-c3ccc([N+](=O)[O-])cc3)o2)cc1. The van der Waals surface area contributed by atoms with Crippen molar-refractivity contribution in [3.8, 4) is 23.1 Å². The van der Waals surface area contributed by atoms with Crippen molar-refractivity contribution < 1.29 is 18.9 Å². The van der Waals surface area contributed by atoms with Crippen molar-refractivity contribution in [3.63, 3.8) is 0 Å². The first-order valence-electron chi connectivity index (χ1n) is 9.01. The van der Waals surface area contributed by atoms with E-state index in [1.165, 1.54) is 18.2 Å². The third-order valence-electron chi connectivity index (χ3n) is 4.06. The van der Waals surface area contributed by atoms with Crippen LogP contribution in [-0.2, 0) is 4.79 Å². The van der Waals surface area contributed by atoms with Crippen molar-refractivity contribution in [3.05, 3.63) is 82.1 Å². The van der Waals surface area contributed by atoms with E-state index in [1.807, 2.05) is 13.0 Å². The minimum atomic E-state index is -0.574. The molecular formula is C22H17N3O5. The summed E-state index contributed by atoms with van der Waals surface area (Å²) < 4.78 is 11.0. The van der Waals surface area contributed by atoms with Crippen LogP contribution in [0.2, 0.25) is 0 Å². The summed E-state index contributed by atoms with van der Waals surface area (Å²) in [5, 5.41) is 22.7. The molecule has 0 saturated heterocycles. The average Bonchev–Trinajstić information content (AvgIpc) is 3.22. The van der Waals surface area contributed by atoms with Gasteiger partial charge in [0.25, 0.3) is 11.6 Å². The summed E-state index contributed by atoms with van der Waals surface area (Å²) in [6.45, 7) is 2.42. The summed E-state index contributed by atoms with van der Waals surface area (Å²) in [5.74, 6) is 0.873. The summed E-state index contributed by atoms with van der Waals surface area (Å²) in [4.78, 5) is 22.7. The molecule has 8 nitrogen and oxygen atoms in total. The molecule has 0 aliphatic rings. The average molecular weight is 403 g/mol. The van der Waals surface area contributed by atoms with E-state index in [0.29, 0.717) is 35.1 Å². The molecule has 0 radical (unpaired) electrons. The highest BCUT2D eigenvalue weighted by Crippen LogP contribution is 2.25. The number of ether oxygens (including phenoxy) is 1. The van der Waals surface area contributed by atoms with Crippen molar-refractivity contribution in [2.45, 2.75) is 6.92 Å². The van der Waals surface area contributed by atoms with E-state index in [-0.39, 0.29) is 11.3 Å². The van der Waals surface area contributed by atoms with Crippen LogP contribution >= 0.6 is 0 Å². The lowest BCUT2D eigenvalue weighted by Crippen LogP contribution is -2.13. The number of nitrogens with one attached hydrogen (secondary N) is 1. The quantitative estimate of drug-likeness (QED) is 0.262. The predicted molar refractivity (Wildman–Crippen MR) is 111 cm³/mol. The van der Waals surface area contributed by atoms with Gasteiger partial charge in [-0.2, -0.15) is 5.26 Å². The van der Waals surface area contributed by atoms with Gasteiger partial charge in [0.15, 0.2) is 0 Å². The first-order valence-corrected chi connectivity index (χ1v) is 9.01. The molecule has 0 aliphatic carbocycles. The van der Waals surface area contributed by atoms with Crippen LogP contribution in [0.15, 0.2) is 70.7 Å². The number of benzene rings is 2. The number of anilines is 1. The summed E-state index contributed by atoms with van der Waals surface area (Å²) >= 11 is 0. The molecule has 150 valence electrons. The number of carbonyl (C=O) groups is 1. The Hall–Kier alpha value is -4.38. The minimum Gasteiger partial charge on any atom is -0.494 e. The third-order valence-corrected chi connectivity index (χ3v) is 4.06. The molecule has 1 N–H and O–H groups in total. The molecule has 1 amide bonds. The Balaban J connectivity index is 1.73. The molecule has 30 heavy (non-hydrogen) atoms. The Kier molecular flexibility index (Phi) is 6.25. The third kappa shape index (κ3) is 4.91. The van der Waals surface area contributed by atoms with Crippen molar-refractivity contribution in [2.75, 3.05) is 11.9 Å². The highest BCUT2D eigenvalue weighted by Gasteiger charge is 2.12. The molecule has 1 heterocycles. The van der Waals surface area contributed by atoms with Crippen LogP contribution in [0.1, 0.15) is 12.7 Å². The number of hydrogen-bond donors (Lipinski definition) is 1. The first kappa shape index (κ1) is 20.4. The van der Waals surface area contributed by atoms with Crippen molar-refractivity contribution in [1.82, 2.24) is 0 Å². The number of carbonyl (C=O) groups excluding carboxylic acids is 1. The zero-order valence-electron chi connectivity index (χ0n) is 16.0. The standard InChI is InChI=1S/C22H17N3O5/c1-2-29-19-9-5-17(6-10-19)24-22(26)16(14-23)13-20-11-12-21(30-20)15-3-7-18(8-4-15)25(27)28/h3-13H,2H2,1H3,(H,24,26). The van der Waals surface area contributed by atoms with Crippen LogP contribution < -0.4 is 10.1 Å². The number of furan rings is 1. The fourth-order valence-electron chi connectivity index (χ4n) is 2.62. The second-order valence-corrected chi connectivity index (χ2v) is 6.09. The molecule has 0 spiro atoms. The second-order valence-electron chi connectivity index (χ2n) is 6.09. The molecule has 3 rings (SSSR count). The molecule has 3 aromatic rings. The summed E-state index contributed by atoms with van der Waals surface area (Å²) in [5.41, 5.74) is 1.00. The van der Waals surface area contributed by atoms with Gasteiger partial charge in [-0.15, -0.1) is 0 Å². The van der Waals surface area contributed by atoms with Crippen LogP contribution in [0.5, 0.6) is 5.75 Å². The lowest BCUT2D eigenvalue weighted by molar-refractivity contribution is -0.384. The van der Waals surface area contributed by atoms with Crippen molar-refractivity contribution >= 4 is 23.4 Å². The van der Waals surface area contributed by atoms with Gasteiger partial charge in [-0.05, 0) is 55.5 Å². The molecular weight excluding hydrogens is 386 g/mol. The molecule has 0 atom stereocenters. The fourth-order valence-corrected chi connectivity index (χ4v) is 2.62.